The normalized spacial score (nSPS) is 16.8. The Morgan fingerprint density at radius 1 is 1.78 bits per heavy atom. The Balaban J connectivity index is 3.50. The molecule has 2 N–H and O–H groups in total. The van der Waals surface area contributed by atoms with E-state index >= 15 is 0 Å². The van der Waals surface area contributed by atoms with Crippen LogP contribution in [0.25, 0.3) is 0 Å². The monoisotopic (exact) mass is 136 g/mol. The third kappa shape index (κ3) is 3.90. The van der Waals surface area contributed by atoms with Gasteiger partial charge in [-0.25, -0.2) is 9.18 Å². The van der Waals surface area contributed by atoms with Gasteiger partial charge in [0.05, 0.1) is 6.10 Å². The summed E-state index contributed by atoms with van der Waals surface area (Å²) in [5.41, 5.74) is 0. The van der Waals surface area contributed by atoms with Gasteiger partial charge >= 0.3 is 5.97 Å². The van der Waals surface area contributed by atoms with Crippen LogP contribution in [0.1, 0.15) is 13.3 Å². The number of alkyl halides is 1. The highest BCUT2D eigenvalue weighted by Crippen LogP contribution is 2.01. The van der Waals surface area contributed by atoms with E-state index in [9.17, 15) is 9.18 Å². The highest BCUT2D eigenvalue weighted by molar-refractivity contribution is 5.72. The molecule has 0 saturated carbocycles. The number of hydrogen-bond donors (Lipinski definition) is 2. The molecule has 4 heteroatoms. The van der Waals surface area contributed by atoms with Crippen molar-refractivity contribution >= 4 is 5.97 Å². The Bertz CT molecular complexity index is 102. The third-order valence-electron chi connectivity index (χ3n) is 0.816. The molecule has 2 atom stereocenters. The van der Waals surface area contributed by atoms with Gasteiger partial charge in [0.1, 0.15) is 0 Å². The lowest BCUT2D eigenvalue weighted by molar-refractivity contribution is -0.143. The average molecular weight is 136 g/mol. The van der Waals surface area contributed by atoms with E-state index in [-0.39, 0.29) is 6.42 Å². The summed E-state index contributed by atoms with van der Waals surface area (Å²) in [4.78, 5) is 9.75. The van der Waals surface area contributed by atoms with E-state index in [0.717, 1.165) is 0 Å². The van der Waals surface area contributed by atoms with E-state index in [1.54, 1.807) is 0 Å². The molecule has 2 unspecified atom stereocenters. The Kier molecular flexibility index (Phi) is 3.16. The van der Waals surface area contributed by atoms with Crippen LogP contribution in [0.4, 0.5) is 4.39 Å². The smallest absolute Gasteiger partial charge is 0.338 e. The van der Waals surface area contributed by atoms with Gasteiger partial charge < -0.3 is 10.2 Å². The first-order chi connectivity index (χ1) is 4.04. The van der Waals surface area contributed by atoms with Gasteiger partial charge in [0, 0.05) is 6.42 Å². The number of aliphatic hydroxyl groups excluding tert-OH is 1. The topological polar surface area (TPSA) is 57.5 Å². The lowest BCUT2D eigenvalue weighted by Crippen LogP contribution is -2.19. The summed E-state index contributed by atoms with van der Waals surface area (Å²) >= 11 is 0. The predicted octanol–water partition coefficient (Wildman–Crippen LogP) is 0.180. The number of aliphatic hydroxyl groups is 1. The highest BCUT2D eigenvalue weighted by Gasteiger charge is 2.17. The second-order valence-corrected chi connectivity index (χ2v) is 1.89. The van der Waals surface area contributed by atoms with E-state index < -0.39 is 18.2 Å². The van der Waals surface area contributed by atoms with Gasteiger partial charge in [-0.3, -0.25) is 0 Å². The Hall–Kier alpha value is -0.640. The first-order valence-corrected chi connectivity index (χ1v) is 2.59. The summed E-state index contributed by atoms with van der Waals surface area (Å²) < 4.78 is 12.0. The molecular formula is C5H9FO3. The molecule has 0 amide bonds. The standard InChI is InChI=1S/C5H9FO3/c1-3(7)2-4(6)5(8)9/h3-4,7H,2H2,1H3,(H,8,9). The average Bonchev–Trinajstić information content (AvgIpc) is 1.63. The maximum Gasteiger partial charge on any atom is 0.338 e. The minimum absolute atomic E-state index is 0.338. The van der Waals surface area contributed by atoms with E-state index in [0.29, 0.717) is 0 Å². The number of carbonyl (C=O) groups is 1. The molecule has 0 aliphatic rings. The first-order valence-electron chi connectivity index (χ1n) is 2.59. The van der Waals surface area contributed by atoms with Gasteiger partial charge in [-0.15, -0.1) is 0 Å². The molecule has 0 bridgehead atoms. The fraction of sp³-hybridized carbons (Fsp3) is 0.800. The largest absolute Gasteiger partial charge is 0.479 e. The number of aliphatic carboxylic acids is 1. The van der Waals surface area contributed by atoms with E-state index in [2.05, 4.69) is 0 Å². The Labute approximate surface area is 52.1 Å². The van der Waals surface area contributed by atoms with Gasteiger partial charge in [0.2, 0.25) is 0 Å². The van der Waals surface area contributed by atoms with Crippen LogP contribution in [0, 0.1) is 0 Å². The van der Waals surface area contributed by atoms with Crippen molar-refractivity contribution in [2.24, 2.45) is 0 Å². The molecule has 0 fully saturated rings. The zero-order valence-electron chi connectivity index (χ0n) is 5.04. The number of halogens is 1. The van der Waals surface area contributed by atoms with Crippen molar-refractivity contribution in [1.29, 1.82) is 0 Å². The van der Waals surface area contributed by atoms with Gasteiger partial charge in [-0.2, -0.15) is 0 Å². The van der Waals surface area contributed by atoms with Crippen LogP contribution in [0.5, 0.6) is 0 Å². The Morgan fingerprint density at radius 2 is 2.22 bits per heavy atom. The fourth-order valence-corrected chi connectivity index (χ4v) is 0.400. The predicted molar refractivity (Wildman–Crippen MR) is 28.8 cm³/mol. The van der Waals surface area contributed by atoms with Crippen LogP contribution >= 0.6 is 0 Å². The molecule has 0 saturated heterocycles. The van der Waals surface area contributed by atoms with Gasteiger partial charge in [0.25, 0.3) is 0 Å². The van der Waals surface area contributed by atoms with Crippen molar-refractivity contribution in [2.75, 3.05) is 0 Å². The molecule has 54 valence electrons. The van der Waals surface area contributed by atoms with Crippen molar-refractivity contribution in [3.63, 3.8) is 0 Å². The molecule has 3 nitrogen and oxygen atoms in total. The molecule has 0 aromatic carbocycles. The van der Waals surface area contributed by atoms with Crippen molar-refractivity contribution in [3.05, 3.63) is 0 Å². The van der Waals surface area contributed by atoms with Crippen LogP contribution in [-0.4, -0.2) is 28.5 Å². The van der Waals surface area contributed by atoms with E-state index in [1.165, 1.54) is 6.92 Å². The summed E-state index contributed by atoms with van der Waals surface area (Å²) in [6.45, 7) is 1.34. The maximum absolute atomic E-state index is 12.0. The summed E-state index contributed by atoms with van der Waals surface area (Å²) in [5, 5.41) is 16.4. The maximum atomic E-state index is 12.0. The minimum atomic E-state index is -1.94. The molecule has 0 aliphatic heterocycles. The molecule has 9 heavy (non-hydrogen) atoms. The van der Waals surface area contributed by atoms with Crippen molar-refractivity contribution in [2.45, 2.75) is 25.6 Å². The van der Waals surface area contributed by atoms with E-state index in [4.69, 9.17) is 10.2 Å². The number of carboxylic acid groups (broad SMARTS) is 1. The number of carboxylic acids is 1. The highest BCUT2D eigenvalue weighted by atomic mass is 19.1. The molecule has 0 rings (SSSR count). The summed E-state index contributed by atoms with van der Waals surface area (Å²) in [6, 6.07) is 0. The van der Waals surface area contributed by atoms with Crippen molar-refractivity contribution < 1.29 is 19.4 Å². The molecule has 0 heterocycles. The summed E-state index contributed by atoms with van der Waals surface area (Å²) in [6.07, 6.45) is -3.17. The molecule has 0 radical (unpaired) electrons. The van der Waals surface area contributed by atoms with Gasteiger partial charge in [0.15, 0.2) is 6.17 Å². The zero-order valence-corrected chi connectivity index (χ0v) is 5.04. The van der Waals surface area contributed by atoms with Crippen LogP contribution in [-0.2, 0) is 4.79 Å². The van der Waals surface area contributed by atoms with Crippen LogP contribution in [0.15, 0.2) is 0 Å². The molecule has 0 spiro atoms. The second kappa shape index (κ2) is 3.40. The summed E-state index contributed by atoms with van der Waals surface area (Å²) in [7, 11) is 0. The summed E-state index contributed by atoms with van der Waals surface area (Å²) in [5.74, 6) is -1.52. The number of hydrogen-bond acceptors (Lipinski definition) is 2. The fourth-order valence-electron chi connectivity index (χ4n) is 0.400. The SMILES string of the molecule is CC(O)CC(F)C(=O)O. The van der Waals surface area contributed by atoms with Gasteiger partial charge in [-0.1, -0.05) is 0 Å². The molecule has 0 aromatic heterocycles. The van der Waals surface area contributed by atoms with Crippen molar-refractivity contribution in [1.82, 2.24) is 0 Å². The van der Waals surface area contributed by atoms with E-state index in [1.807, 2.05) is 0 Å². The lowest BCUT2D eigenvalue weighted by Gasteiger charge is -2.03. The molecule has 0 aromatic rings. The second-order valence-electron chi connectivity index (χ2n) is 1.89. The van der Waals surface area contributed by atoms with Gasteiger partial charge in [-0.05, 0) is 6.92 Å². The van der Waals surface area contributed by atoms with Crippen molar-refractivity contribution in [3.8, 4) is 0 Å². The minimum Gasteiger partial charge on any atom is -0.479 e. The van der Waals surface area contributed by atoms with Crippen LogP contribution in [0.3, 0.4) is 0 Å². The Morgan fingerprint density at radius 3 is 2.33 bits per heavy atom. The zero-order chi connectivity index (χ0) is 7.44. The molecular weight excluding hydrogens is 127 g/mol. The van der Waals surface area contributed by atoms with Crippen LogP contribution in [0.2, 0.25) is 0 Å². The quantitative estimate of drug-likeness (QED) is 0.581. The molecule has 0 aliphatic carbocycles. The van der Waals surface area contributed by atoms with Crippen LogP contribution < -0.4 is 0 Å². The third-order valence-corrected chi connectivity index (χ3v) is 0.816. The lowest BCUT2D eigenvalue weighted by atomic mass is 10.2. The number of rotatable bonds is 3. The first kappa shape index (κ1) is 8.36.